The van der Waals surface area contributed by atoms with Crippen LogP contribution < -0.4 is 10.2 Å². The number of quaternary nitrogens is 1. The molecular formula is C69H129N2O7P. The summed E-state index contributed by atoms with van der Waals surface area (Å²) in [5, 5.41) is 3.04. The van der Waals surface area contributed by atoms with E-state index in [1.54, 1.807) is 0 Å². The topological polar surface area (TPSA) is 114 Å². The van der Waals surface area contributed by atoms with Crippen LogP contribution in [0.1, 0.15) is 316 Å². The van der Waals surface area contributed by atoms with E-state index < -0.39 is 20.0 Å². The summed E-state index contributed by atoms with van der Waals surface area (Å²) >= 11 is 0. The Labute approximate surface area is 490 Å². The second kappa shape index (κ2) is 58.9. The highest BCUT2D eigenvalue weighted by Gasteiger charge is 2.27. The van der Waals surface area contributed by atoms with Crippen molar-refractivity contribution >= 4 is 19.7 Å². The molecule has 0 aromatic heterocycles. The number of likely N-dealkylation sites (N-methyl/N-ethyl adjacent to an activating group) is 1. The standard InChI is InChI=1S/C69H129N2O7P/c1-7-10-13-16-19-22-25-28-30-31-32-33-34-35-36-37-38-39-41-44-47-50-53-56-59-62-69(73)78-67(60-57-54-51-48-45-42-27-24-21-18-15-12-9-3)66(65-77-79(74,75)76-64-63-71(4,5)6)70-68(72)61-58-55-52-49-46-43-40-29-26-23-20-17-14-11-8-2/h19,22,28,30,32-33,35-36,57,60,66-67H,7-18,20-21,23-27,29,31,34,37-56,58-59,61-65H2,1-6H3,(H-,70,72,74,75)/b22-19-,30-28-,33-32-,36-35-,60-57+. The molecule has 0 aromatic carbocycles. The molecule has 0 saturated carbocycles. The smallest absolute Gasteiger partial charge is 0.306 e. The number of carbonyl (C=O) groups is 2. The van der Waals surface area contributed by atoms with Gasteiger partial charge in [0.05, 0.1) is 33.8 Å². The maximum absolute atomic E-state index is 13.5. The average molecular weight is 1130 g/mol. The molecule has 79 heavy (non-hydrogen) atoms. The number of hydrogen-bond donors (Lipinski definition) is 1. The number of rotatable bonds is 61. The zero-order chi connectivity index (χ0) is 57.9. The number of ether oxygens (including phenoxy) is 1. The Morgan fingerprint density at radius 1 is 0.443 bits per heavy atom. The van der Waals surface area contributed by atoms with Gasteiger partial charge < -0.3 is 28.5 Å². The van der Waals surface area contributed by atoms with E-state index in [1.807, 2.05) is 33.3 Å². The fraction of sp³-hybridized carbons (Fsp3) is 0.826. The van der Waals surface area contributed by atoms with Gasteiger partial charge in [0.2, 0.25) is 5.91 Å². The van der Waals surface area contributed by atoms with Crippen LogP contribution in [0.25, 0.3) is 0 Å². The largest absolute Gasteiger partial charge is 0.756 e. The molecular weight excluding hydrogens is 1000 g/mol. The number of esters is 1. The van der Waals surface area contributed by atoms with Crippen molar-refractivity contribution in [3.8, 4) is 0 Å². The van der Waals surface area contributed by atoms with Crippen molar-refractivity contribution < 1.29 is 37.3 Å². The first-order valence-electron chi connectivity index (χ1n) is 33.6. The fourth-order valence-corrected chi connectivity index (χ4v) is 10.5. The lowest BCUT2D eigenvalue weighted by Gasteiger charge is -2.30. The molecule has 0 aromatic rings. The first-order valence-corrected chi connectivity index (χ1v) is 35.1. The molecule has 3 unspecified atom stereocenters. The van der Waals surface area contributed by atoms with Gasteiger partial charge in [-0.15, -0.1) is 0 Å². The van der Waals surface area contributed by atoms with Crippen LogP contribution in [0.4, 0.5) is 0 Å². The lowest BCUT2D eigenvalue weighted by atomic mass is 10.0. The summed E-state index contributed by atoms with van der Waals surface area (Å²) in [4.78, 5) is 40.1. The van der Waals surface area contributed by atoms with Gasteiger partial charge in [-0.1, -0.05) is 287 Å². The predicted octanol–water partition coefficient (Wildman–Crippen LogP) is 20.4. The predicted molar refractivity (Wildman–Crippen MR) is 339 cm³/mol. The summed E-state index contributed by atoms with van der Waals surface area (Å²) in [5.41, 5.74) is 0. The van der Waals surface area contributed by atoms with Crippen molar-refractivity contribution in [2.24, 2.45) is 0 Å². The Morgan fingerprint density at radius 3 is 1.18 bits per heavy atom. The maximum atomic E-state index is 13.5. The van der Waals surface area contributed by atoms with E-state index in [0.717, 1.165) is 89.9 Å². The normalized spacial score (nSPS) is 14.0. The molecule has 9 nitrogen and oxygen atoms in total. The Bertz CT molecular complexity index is 1540. The quantitative estimate of drug-likeness (QED) is 0.0212. The molecule has 0 aliphatic carbocycles. The number of phosphoric ester groups is 1. The Morgan fingerprint density at radius 2 is 0.772 bits per heavy atom. The summed E-state index contributed by atoms with van der Waals surface area (Å²) in [6.45, 7) is 6.85. The van der Waals surface area contributed by atoms with E-state index in [1.165, 1.54) is 193 Å². The molecule has 0 rings (SSSR count). The number of carbonyl (C=O) groups excluding carboxylic acids is 2. The molecule has 3 atom stereocenters. The number of unbranched alkanes of at least 4 members (excludes halogenated alkanes) is 37. The number of nitrogens with one attached hydrogen (secondary N) is 1. The minimum Gasteiger partial charge on any atom is -0.756 e. The van der Waals surface area contributed by atoms with Crippen molar-refractivity contribution in [3.05, 3.63) is 60.8 Å². The summed E-state index contributed by atoms with van der Waals surface area (Å²) in [5.74, 6) is -0.536. The molecule has 1 N–H and O–H groups in total. The van der Waals surface area contributed by atoms with Gasteiger partial charge >= 0.3 is 5.97 Å². The van der Waals surface area contributed by atoms with Crippen LogP contribution in [0.5, 0.6) is 0 Å². The van der Waals surface area contributed by atoms with Crippen LogP contribution in [0.15, 0.2) is 60.8 Å². The first-order chi connectivity index (χ1) is 38.4. The number of nitrogens with zero attached hydrogens (tertiary/aromatic N) is 1. The van der Waals surface area contributed by atoms with Crippen molar-refractivity contribution in [3.63, 3.8) is 0 Å². The molecule has 10 heteroatoms. The molecule has 0 radical (unpaired) electrons. The van der Waals surface area contributed by atoms with Gasteiger partial charge in [-0.2, -0.15) is 0 Å². The van der Waals surface area contributed by atoms with Gasteiger partial charge in [-0.05, 0) is 76.7 Å². The lowest BCUT2D eigenvalue weighted by Crippen LogP contribution is -2.47. The Hall–Kier alpha value is -2.29. The highest BCUT2D eigenvalue weighted by atomic mass is 31.2. The monoisotopic (exact) mass is 1130 g/mol. The van der Waals surface area contributed by atoms with Crippen molar-refractivity contribution in [2.45, 2.75) is 328 Å². The van der Waals surface area contributed by atoms with Crippen molar-refractivity contribution in [1.82, 2.24) is 5.32 Å². The van der Waals surface area contributed by atoms with Gasteiger partial charge in [0, 0.05) is 12.8 Å². The molecule has 462 valence electrons. The summed E-state index contributed by atoms with van der Waals surface area (Å²) in [6, 6.07) is -0.890. The molecule has 1 amide bonds. The van der Waals surface area contributed by atoms with Crippen molar-refractivity contribution in [1.29, 1.82) is 0 Å². The zero-order valence-corrected chi connectivity index (χ0v) is 53.7. The molecule has 0 aliphatic rings. The minimum atomic E-state index is -4.70. The van der Waals surface area contributed by atoms with Crippen LogP contribution >= 0.6 is 7.82 Å². The minimum absolute atomic E-state index is 0.0227. The van der Waals surface area contributed by atoms with Crippen LogP contribution in [0, 0.1) is 0 Å². The van der Waals surface area contributed by atoms with E-state index in [0.29, 0.717) is 17.4 Å². The third kappa shape index (κ3) is 60.1. The van der Waals surface area contributed by atoms with Gasteiger partial charge in [-0.3, -0.25) is 14.2 Å². The summed E-state index contributed by atoms with van der Waals surface area (Å²) in [7, 11) is 1.19. The molecule has 0 bridgehead atoms. The van der Waals surface area contributed by atoms with Gasteiger partial charge in [-0.25, -0.2) is 0 Å². The second-order valence-corrected chi connectivity index (χ2v) is 25.4. The van der Waals surface area contributed by atoms with E-state index in [9.17, 15) is 19.0 Å². The molecule has 0 saturated heterocycles. The average Bonchev–Trinajstić information content (AvgIpc) is 3.41. The van der Waals surface area contributed by atoms with Crippen LogP contribution in [-0.4, -0.2) is 69.4 Å². The summed E-state index contributed by atoms with van der Waals surface area (Å²) < 4.78 is 30.4. The Balaban J connectivity index is 5.15. The van der Waals surface area contributed by atoms with Gasteiger partial charge in [0.15, 0.2) is 0 Å². The number of amides is 1. The zero-order valence-electron chi connectivity index (χ0n) is 52.8. The fourth-order valence-electron chi connectivity index (χ4n) is 9.74. The van der Waals surface area contributed by atoms with E-state index in [2.05, 4.69) is 74.7 Å². The van der Waals surface area contributed by atoms with E-state index >= 15 is 0 Å². The molecule has 0 heterocycles. The van der Waals surface area contributed by atoms with Crippen LogP contribution in [-0.2, 0) is 27.9 Å². The third-order valence-corrected chi connectivity index (χ3v) is 15.9. The Kier molecular flexibility index (Phi) is 57.2. The summed E-state index contributed by atoms with van der Waals surface area (Å²) in [6.07, 6.45) is 74.7. The first kappa shape index (κ1) is 76.7. The van der Waals surface area contributed by atoms with Crippen molar-refractivity contribution in [2.75, 3.05) is 40.9 Å². The van der Waals surface area contributed by atoms with Crippen LogP contribution in [0.2, 0.25) is 0 Å². The molecule has 0 spiro atoms. The number of allylic oxidation sites excluding steroid dienone is 9. The highest BCUT2D eigenvalue weighted by Crippen LogP contribution is 2.38. The van der Waals surface area contributed by atoms with Gasteiger partial charge in [0.1, 0.15) is 19.3 Å². The van der Waals surface area contributed by atoms with E-state index in [4.69, 9.17) is 13.8 Å². The third-order valence-electron chi connectivity index (χ3n) is 15.0. The lowest BCUT2D eigenvalue weighted by molar-refractivity contribution is -0.870. The maximum Gasteiger partial charge on any atom is 0.306 e. The highest BCUT2D eigenvalue weighted by molar-refractivity contribution is 7.45. The number of hydrogen-bond acceptors (Lipinski definition) is 7. The van der Waals surface area contributed by atoms with Gasteiger partial charge in [0.25, 0.3) is 7.82 Å². The van der Waals surface area contributed by atoms with E-state index in [-0.39, 0.29) is 31.5 Å². The molecule has 0 aliphatic heterocycles. The van der Waals surface area contributed by atoms with Crippen LogP contribution in [0.3, 0.4) is 0 Å². The molecule has 0 fully saturated rings. The second-order valence-electron chi connectivity index (χ2n) is 24.0. The number of phosphoric acid groups is 1. The SMILES string of the molecule is CCCCC/C=C\C/C=C\C/C=C\C/C=C\CCCCCCCCCCCC(=O)OC(/C=C/CCCCCCCCCCCCC)C(COP(=O)([O-])OCC[N+](C)(C)C)NC(=O)CCCCCCCCCCCCCCCCC.